The maximum Gasteiger partial charge on any atom is 0.320 e. The van der Waals surface area contributed by atoms with Crippen LogP contribution in [0.15, 0.2) is 24.4 Å². The predicted octanol–water partition coefficient (Wildman–Crippen LogP) is 1.78. The van der Waals surface area contributed by atoms with Gasteiger partial charge in [-0.05, 0) is 19.1 Å². The lowest BCUT2D eigenvalue weighted by Gasteiger charge is -2.41. The van der Waals surface area contributed by atoms with E-state index in [1.807, 2.05) is 26.8 Å². The van der Waals surface area contributed by atoms with Crippen molar-refractivity contribution in [1.29, 1.82) is 0 Å². The van der Waals surface area contributed by atoms with Crippen molar-refractivity contribution in [3.8, 4) is 0 Å². The number of nitrogens with one attached hydrogen (secondary N) is 1. The van der Waals surface area contributed by atoms with Gasteiger partial charge in [-0.3, -0.25) is 14.7 Å². The summed E-state index contributed by atoms with van der Waals surface area (Å²) in [6.07, 6.45) is 1.28. The van der Waals surface area contributed by atoms with E-state index in [4.69, 9.17) is 0 Å². The van der Waals surface area contributed by atoms with E-state index in [-0.39, 0.29) is 23.5 Å². The third-order valence-corrected chi connectivity index (χ3v) is 4.20. The number of urea groups is 1. The molecule has 1 aromatic rings. The summed E-state index contributed by atoms with van der Waals surface area (Å²) in [6.45, 7) is 7.81. The van der Waals surface area contributed by atoms with Gasteiger partial charge in [0, 0.05) is 25.7 Å². The second kappa shape index (κ2) is 5.26. The number of hydrogen-bond donors (Lipinski definition) is 1. The first-order chi connectivity index (χ1) is 10.2. The fraction of sp³-hybridized carbons (Fsp3) is 0.562. The molecule has 1 saturated heterocycles. The van der Waals surface area contributed by atoms with Crippen LogP contribution in [0.1, 0.15) is 33.4 Å². The van der Waals surface area contributed by atoms with Crippen LogP contribution >= 0.6 is 0 Å². The predicted molar refractivity (Wildman–Crippen MR) is 83.9 cm³/mol. The maximum absolute atomic E-state index is 13.0. The molecule has 1 N–H and O–H groups in total. The first-order valence-corrected chi connectivity index (χ1v) is 7.35. The van der Waals surface area contributed by atoms with Crippen molar-refractivity contribution >= 4 is 11.9 Å². The van der Waals surface area contributed by atoms with Crippen LogP contribution in [0.2, 0.25) is 0 Å². The van der Waals surface area contributed by atoms with E-state index in [9.17, 15) is 9.59 Å². The Morgan fingerprint density at radius 3 is 2.45 bits per heavy atom. The Balaban J connectivity index is 2.66. The topological polar surface area (TPSA) is 65.5 Å². The number of pyridine rings is 1. The Bertz CT molecular complexity index is 582. The molecule has 6 nitrogen and oxygen atoms in total. The highest BCUT2D eigenvalue weighted by Crippen LogP contribution is 2.43. The summed E-state index contributed by atoms with van der Waals surface area (Å²) in [5.41, 5.74) is -0.834. The van der Waals surface area contributed by atoms with Crippen molar-refractivity contribution in [2.75, 3.05) is 14.1 Å². The van der Waals surface area contributed by atoms with Gasteiger partial charge >= 0.3 is 6.03 Å². The zero-order valence-corrected chi connectivity index (χ0v) is 14.0. The SMILES string of the molecule is CNC(=O)N1C(C(C)(C)C)N(C)C(=O)C1(C)c1ccccn1. The van der Waals surface area contributed by atoms with Gasteiger partial charge in [0.2, 0.25) is 0 Å². The average molecular weight is 304 g/mol. The minimum absolute atomic E-state index is 0.130. The third-order valence-electron chi connectivity index (χ3n) is 4.20. The number of rotatable bonds is 1. The van der Waals surface area contributed by atoms with Gasteiger partial charge in [0.1, 0.15) is 6.17 Å². The van der Waals surface area contributed by atoms with Gasteiger partial charge in [0.15, 0.2) is 5.54 Å². The largest absolute Gasteiger partial charge is 0.341 e. The van der Waals surface area contributed by atoms with Gasteiger partial charge in [0.05, 0.1) is 5.69 Å². The summed E-state index contributed by atoms with van der Waals surface area (Å²) < 4.78 is 0. The van der Waals surface area contributed by atoms with E-state index in [0.717, 1.165) is 0 Å². The maximum atomic E-state index is 13.0. The van der Waals surface area contributed by atoms with Crippen LogP contribution < -0.4 is 5.32 Å². The molecule has 6 heteroatoms. The zero-order valence-electron chi connectivity index (χ0n) is 14.0. The van der Waals surface area contributed by atoms with Crippen LogP contribution in [-0.2, 0) is 10.3 Å². The highest BCUT2D eigenvalue weighted by atomic mass is 16.2. The first kappa shape index (κ1) is 16.3. The first-order valence-electron chi connectivity index (χ1n) is 7.35. The van der Waals surface area contributed by atoms with Gasteiger partial charge in [-0.1, -0.05) is 26.8 Å². The van der Waals surface area contributed by atoms with E-state index < -0.39 is 5.54 Å². The summed E-state index contributed by atoms with van der Waals surface area (Å²) in [4.78, 5) is 33.1. The summed E-state index contributed by atoms with van der Waals surface area (Å²) >= 11 is 0. The molecule has 0 spiro atoms. The fourth-order valence-electron chi connectivity index (χ4n) is 3.26. The molecule has 2 heterocycles. The number of aromatic nitrogens is 1. The molecule has 120 valence electrons. The molecule has 1 fully saturated rings. The molecule has 0 aromatic carbocycles. The number of hydrogen-bond acceptors (Lipinski definition) is 3. The molecule has 2 rings (SSSR count). The quantitative estimate of drug-likeness (QED) is 0.860. The van der Waals surface area contributed by atoms with Crippen LogP contribution in [0.4, 0.5) is 4.79 Å². The molecule has 1 aliphatic rings. The molecule has 0 bridgehead atoms. The normalized spacial score (nSPS) is 25.5. The highest BCUT2D eigenvalue weighted by Gasteiger charge is 2.59. The molecule has 22 heavy (non-hydrogen) atoms. The Morgan fingerprint density at radius 2 is 2.00 bits per heavy atom. The molecule has 1 aromatic heterocycles. The molecule has 0 saturated carbocycles. The average Bonchev–Trinajstić information content (AvgIpc) is 2.69. The number of amides is 3. The van der Waals surface area contributed by atoms with Crippen molar-refractivity contribution < 1.29 is 9.59 Å². The lowest BCUT2D eigenvalue weighted by atomic mass is 9.89. The summed E-state index contributed by atoms with van der Waals surface area (Å²) in [5, 5.41) is 2.66. The zero-order chi connectivity index (χ0) is 16.7. The fourth-order valence-corrected chi connectivity index (χ4v) is 3.26. The smallest absolute Gasteiger partial charge is 0.320 e. The van der Waals surface area contributed by atoms with E-state index in [2.05, 4.69) is 10.3 Å². The summed E-state index contributed by atoms with van der Waals surface area (Å²) in [7, 11) is 3.31. The Hall–Kier alpha value is -2.11. The van der Waals surface area contributed by atoms with Crippen molar-refractivity contribution in [1.82, 2.24) is 20.1 Å². The van der Waals surface area contributed by atoms with Gasteiger partial charge in [-0.25, -0.2) is 4.79 Å². The monoisotopic (exact) mass is 304 g/mol. The van der Waals surface area contributed by atoms with Crippen LogP contribution in [0, 0.1) is 5.41 Å². The Morgan fingerprint density at radius 1 is 1.36 bits per heavy atom. The van der Waals surface area contributed by atoms with Gasteiger partial charge in [-0.15, -0.1) is 0 Å². The molecule has 1 aliphatic heterocycles. The Labute approximate surface area is 131 Å². The van der Waals surface area contributed by atoms with Crippen LogP contribution in [0.25, 0.3) is 0 Å². The van der Waals surface area contributed by atoms with Crippen molar-refractivity contribution in [2.24, 2.45) is 5.41 Å². The number of likely N-dealkylation sites (N-methyl/N-ethyl adjacent to an activating group) is 1. The minimum atomic E-state index is -1.12. The Kier molecular flexibility index (Phi) is 3.89. The van der Waals surface area contributed by atoms with Crippen LogP contribution in [0.5, 0.6) is 0 Å². The molecule has 2 unspecified atom stereocenters. The lowest BCUT2D eigenvalue weighted by Crippen LogP contribution is -2.56. The minimum Gasteiger partial charge on any atom is -0.341 e. The van der Waals surface area contributed by atoms with E-state index in [1.165, 1.54) is 0 Å². The van der Waals surface area contributed by atoms with Crippen molar-refractivity contribution in [3.63, 3.8) is 0 Å². The lowest BCUT2D eigenvalue weighted by molar-refractivity contribution is -0.133. The van der Waals surface area contributed by atoms with Crippen molar-refractivity contribution in [3.05, 3.63) is 30.1 Å². The van der Waals surface area contributed by atoms with E-state index in [1.54, 1.807) is 49.1 Å². The third kappa shape index (κ3) is 2.23. The second-order valence-electron chi connectivity index (χ2n) is 6.87. The van der Waals surface area contributed by atoms with Gasteiger partial charge < -0.3 is 10.2 Å². The molecular formula is C16H24N4O2. The highest BCUT2D eigenvalue weighted by molar-refractivity contribution is 5.94. The molecular weight excluding hydrogens is 280 g/mol. The second-order valence-corrected chi connectivity index (χ2v) is 6.87. The van der Waals surface area contributed by atoms with Crippen LogP contribution in [-0.4, -0.2) is 47.0 Å². The molecule has 0 aliphatic carbocycles. The summed E-state index contributed by atoms with van der Waals surface area (Å²) in [5.74, 6) is -0.130. The summed E-state index contributed by atoms with van der Waals surface area (Å²) in [6, 6.07) is 5.12. The standard InChI is InChI=1S/C16H24N4O2/c1-15(2,3)12-19(6)13(21)16(4,20(12)14(22)17-5)11-9-7-8-10-18-11/h7-10,12H,1-6H3,(H,17,22). The van der Waals surface area contributed by atoms with E-state index >= 15 is 0 Å². The molecule has 3 amide bonds. The van der Waals surface area contributed by atoms with Gasteiger partial charge in [-0.2, -0.15) is 0 Å². The number of nitrogens with zero attached hydrogens (tertiary/aromatic N) is 3. The van der Waals surface area contributed by atoms with Crippen LogP contribution in [0.3, 0.4) is 0 Å². The van der Waals surface area contributed by atoms with Crippen molar-refractivity contribution in [2.45, 2.75) is 39.4 Å². The molecule has 2 atom stereocenters. The van der Waals surface area contributed by atoms with E-state index in [0.29, 0.717) is 5.69 Å². The number of carbonyl (C=O) groups excluding carboxylic acids is 2. The molecule has 0 radical (unpaired) electrons. The number of carbonyl (C=O) groups is 2. The van der Waals surface area contributed by atoms with Gasteiger partial charge in [0.25, 0.3) is 5.91 Å².